The molecular formula is C20H27N7O3S. The topological polar surface area (TPSA) is 115 Å². The number of nitrogens with one attached hydrogen (secondary N) is 1. The summed E-state index contributed by atoms with van der Waals surface area (Å²) in [6.45, 7) is 9.76. The lowest BCUT2D eigenvalue weighted by Gasteiger charge is -2.17. The summed E-state index contributed by atoms with van der Waals surface area (Å²) in [7, 11) is -2.04. The van der Waals surface area contributed by atoms with Crippen LogP contribution in [0, 0.1) is 20.8 Å². The predicted octanol–water partition coefficient (Wildman–Crippen LogP) is 2.21. The molecule has 0 bridgehead atoms. The summed E-state index contributed by atoms with van der Waals surface area (Å²) in [5.41, 5.74) is 2.44. The van der Waals surface area contributed by atoms with Crippen LogP contribution in [0.2, 0.25) is 0 Å². The Bertz CT molecular complexity index is 1200. The van der Waals surface area contributed by atoms with Gasteiger partial charge in [0.1, 0.15) is 16.4 Å². The van der Waals surface area contributed by atoms with Gasteiger partial charge in [0, 0.05) is 43.8 Å². The second-order valence-corrected chi connectivity index (χ2v) is 9.19. The maximum absolute atomic E-state index is 13.0. The van der Waals surface area contributed by atoms with Crippen molar-refractivity contribution >= 4 is 21.7 Å². The molecule has 0 saturated heterocycles. The van der Waals surface area contributed by atoms with Crippen LogP contribution in [0.15, 0.2) is 29.3 Å². The van der Waals surface area contributed by atoms with Gasteiger partial charge < -0.3 is 9.88 Å². The molecule has 10 nitrogen and oxygen atoms in total. The van der Waals surface area contributed by atoms with E-state index < -0.39 is 15.9 Å². The molecule has 31 heavy (non-hydrogen) atoms. The van der Waals surface area contributed by atoms with E-state index in [0.717, 1.165) is 11.4 Å². The lowest BCUT2D eigenvalue weighted by atomic mass is 10.3. The molecule has 0 aliphatic carbocycles. The average Bonchev–Trinajstić information content (AvgIpc) is 3.24. The number of anilines is 1. The molecule has 3 rings (SSSR count). The van der Waals surface area contributed by atoms with Crippen LogP contribution in [0.5, 0.6) is 0 Å². The number of carbonyl (C=O) groups excluding carboxylic acids is 1. The Labute approximate surface area is 182 Å². The van der Waals surface area contributed by atoms with Crippen LogP contribution in [-0.2, 0) is 17.1 Å². The van der Waals surface area contributed by atoms with Gasteiger partial charge >= 0.3 is 0 Å². The summed E-state index contributed by atoms with van der Waals surface area (Å²) < 4.78 is 29.9. The second kappa shape index (κ2) is 8.60. The second-order valence-electron chi connectivity index (χ2n) is 7.25. The molecule has 0 spiro atoms. The summed E-state index contributed by atoms with van der Waals surface area (Å²) in [6.07, 6.45) is 1.44. The smallest absolute Gasteiger partial charge is 0.273 e. The third-order valence-electron chi connectivity index (χ3n) is 4.79. The maximum atomic E-state index is 13.0. The first-order valence-electron chi connectivity index (χ1n) is 9.94. The Morgan fingerprint density at radius 3 is 2.23 bits per heavy atom. The maximum Gasteiger partial charge on any atom is 0.273 e. The van der Waals surface area contributed by atoms with Crippen LogP contribution < -0.4 is 5.32 Å². The normalized spacial score (nSPS) is 11.8. The highest BCUT2D eigenvalue weighted by molar-refractivity contribution is 7.89. The molecule has 3 aromatic rings. The van der Waals surface area contributed by atoms with E-state index in [-0.39, 0.29) is 10.6 Å². The van der Waals surface area contributed by atoms with Gasteiger partial charge in [-0.25, -0.2) is 18.4 Å². The number of hydrogen-bond acceptors (Lipinski definition) is 6. The van der Waals surface area contributed by atoms with Gasteiger partial charge in [0.25, 0.3) is 11.9 Å². The molecule has 0 aliphatic heterocycles. The van der Waals surface area contributed by atoms with Crippen molar-refractivity contribution in [2.45, 2.75) is 39.5 Å². The van der Waals surface area contributed by atoms with Crippen LogP contribution in [0.4, 0.5) is 5.82 Å². The zero-order valence-electron chi connectivity index (χ0n) is 18.5. The number of amides is 1. The van der Waals surface area contributed by atoms with Gasteiger partial charge in [-0.2, -0.15) is 14.1 Å². The minimum absolute atomic E-state index is 0.0752. The summed E-state index contributed by atoms with van der Waals surface area (Å²) in [5.74, 6) is 0.272. The zero-order chi connectivity index (χ0) is 22.9. The van der Waals surface area contributed by atoms with Gasteiger partial charge in [0.2, 0.25) is 10.0 Å². The molecule has 0 saturated carbocycles. The van der Waals surface area contributed by atoms with Crippen molar-refractivity contribution in [3.05, 3.63) is 47.2 Å². The largest absolute Gasteiger partial charge is 0.345 e. The van der Waals surface area contributed by atoms with E-state index in [1.54, 1.807) is 33.9 Å². The van der Waals surface area contributed by atoms with Gasteiger partial charge in [-0.1, -0.05) is 13.8 Å². The number of aryl methyl sites for hydroxylation is 4. The first kappa shape index (κ1) is 22.6. The van der Waals surface area contributed by atoms with Crippen LogP contribution in [0.3, 0.4) is 0 Å². The SMILES string of the molecule is CCN(CC)S(=O)(=O)c1cc(C(=O)Nc2cc(C)nn2-c2nc(C)cc(C)n2)n(C)c1. The Kier molecular flexibility index (Phi) is 6.27. The highest BCUT2D eigenvalue weighted by atomic mass is 32.2. The molecule has 3 aromatic heterocycles. The molecule has 0 unspecified atom stereocenters. The van der Waals surface area contributed by atoms with Gasteiger partial charge in [-0.15, -0.1) is 0 Å². The van der Waals surface area contributed by atoms with Gasteiger partial charge in [0.05, 0.1) is 5.69 Å². The molecule has 0 atom stereocenters. The molecule has 3 heterocycles. The Balaban J connectivity index is 1.94. The lowest BCUT2D eigenvalue weighted by Crippen LogP contribution is -2.30. The third kappa shape index (κ3) is 4.52. The average molecular weight is 446 g/mol. The van der Waals surface area contributed by atoms with E-state index in [1.165, 1.54) is 25.8 Å². The summed E-state index contributed by atoms with van der Waals surface area (Å²) in [5, 5.41) is 7.19. The Morgan fingerprint density at radius 2 is 1.65 bits per heavy atom. The number of nitrogens with zero attached hydrogens (tertiary/aromatic N) is 6. The van der Waals surface area contributed by atoms with Gasteiger partial charge in [-0.3, -0.25) is 4.79 Å². The Morgan fingerprint density at radius 1 is 1.03 bits per heavy atom. The number of sulfonamides is 1. The van der Waals surface area contributed by atoms with Crippen LogP contribution >= 0.6 is 0 Å². The van der Waals surface area contributed by atoms with Crippen LogP contribution in [0.25, 0.3) is 5.95 Å². The molecule has 0 aromatic carbocycles. The van der Waals surface area contributed by atoms with Crippen molar-refractivity contribution in [1.29, 1.82) is 0 Å². The number of hydrogen-bond donors (Lipinski definition) is 1. The molecule has 1 N–H and O–H groups in total. The quantitative estimate of drug-likeness (QED) is 0.596. The van der Waals surface area contributed by atoms with Crippen molar-refractivity contribution in [3.63, 3.8) is 0 Å². The van der Waals surface area contributed by atoms with Crippen molar-refractivity contribution in [2.24, 2.45) is 7.05 Å². The number of rotatable bonds is 7. The van der Waals surface area contributed by atoms with Gasteiger partial charge in [0.15, 0.2) is 0 Å². The fourth-order valence-corrected chi connectivity index (χ4v) is 4.87. The number of carbonyl (C=O) groups is 1. The van der Waals surface area contributed by atoms with E-state index in [2.05, 4.69) is 20.4 Å². The van der Waals surface area contributed by atoms with E-state index in [9.17, 15) is 13.2 Å². The first-order chi connectivity index (χ1) is 14.6. The molecule has 11 heteroatoms. The molecule has 1 amide bonds. The fraction of sp³-hybridized carbons (Fsp3) is 0.400. The standard InChI is InChI=1S/C20H27N7O3S/c1-7-26(8-2)31(29,30)16-11-17(25(6)12-16)19(28)23-18-10-15(5)24-27(18)20-21-13(3)9-14(4)22-20/h9-12H,7-8H2,1-6H3,(H,23,28). The van der Waals surface area contributed by atoms with Crippen LogP contribution in [0.1, 0.15) is 41.4 Å². The highest BCUT2D eigenvalue weighted by Crippen LogP contribution is 2.21. The summed E-state index contributed by atoms with van der Waals surface area (Å²) in [4.78, 5) is 21.9. The van der Waals surface area contributed by atoms with Crippen molar-refractivity contribution in [1.82, 2.24) is 28.6 Å². The predicted molar refractivity (Wildman–Crippen MR) is 117 cm³/mol. The van der Waals surface area contributed by atoms with E-state index in [0.29, 0.717) is 30.5 Å². The van der Waals surface area contributed by atoms with Crippen molar-refractivity contribution in [3.8, 4) is 5.95 Å². The minimum atomic E-state index is -3.67. The monoisotopic (exact) mass is 445 g/mol. The zero-order valence-corrected chi connectivity index (χ0v) is 19.4. The lowest BCUT2D eigenvalue weighted by molar-refractivity contribution is 0.101. The molecular weight excluding hydrogens is 418 g/mol. The third-order valence-corrected chi connectivity index (χ3v) is 6.80. The minimum Gasteiger partial charge on any atom is -0.345 e. The van der Waals surface area contributed by atoms with Gasteiger partial charge in [-0.05, 0) is 32.9 Å². The van der Waals surface area contributed by atoms with Crippen molar-refractivity contribution < 1.29 is 13.2 Å². The molecule has 0 radical (unpaired) electrons. The fourth-order valence-electron chi connectivity index (χ4n) is 3.34. The summed E-state index contributed by atoms with van der Waals surface area (Å²) in [6, 6.07) is 4.93. The number of aromatic nitrogens is 5. The van der Waals surface area contributed by atoms with E-state index >= 15 is 0 Å². The van der Waals surface area contributed by atoms with Crippen molar-refractivity contribution in [2.75, 3.05) is 18.4 Å². The van der Waals surface area contributed by atoms with Crippen LogP contribution in [-0.4, -0.2) is 56.0 Å². The first-order valence-corrected chi connectivity index (χ1v) is 11.4. The Hall–Kier alpha value is -3.05. The van der Waals surface area contributed by atoms with E-state index in [1.807, 2.05) is 19.9 Å². The highest BCUT2D eigenvalue weighted by Gasteiger charge is 2.26. The molecule has 166 valence electrons. The van der Waals surface area contributed by atoms with E-state index in [4.69, 9.17) is 0 Å². The molecule has 0 aliphatic rings. The molecule has 0 fully saturated rings. The summed E-state index contributed by atoms with van der Waals surface area (Å²) >= 11 is 0.